The Morgan fingerprint density at radius 1 is 0.403 bits per heavy atom. The maximum atomic E-state index is 12.6. The fourth-order valence-electron chi connectivity index (χ4n) is 9.34. The Balaban J connectivity index is 0.000000116. The van der Waals surface area contributed by atoms with Gasteiger partial charge in [-0.15, -0.1) is 11.3 Å². The Bertz CT molecular complexity index is 4030. The number of benzene rings is 10. The molecule has 12 heteroatoms. The molecule has 77 heavy (non-hydrogen) atoms. The fourth-order valence-corrected chi connectivity index (χ4v) is 13.8. The predicted molar refractivity (Wildman–Crippen MR) is 321 cm³/mol. The summed E-state index contributed by atoms with van der Waals surface area (Å²) in [4.78, 5) is 7.97. The number of aromatic nitrogens is 3. The van der Waals surface area contributed by atoms with Crippen LogP contribution in [0.4, 0.5) is 0 Å². The number of nitrogens with zero attached hydrogens (tertiary/aromatic N) is 1. The SMILES string of the molecule is COc1ccccc1-c1sc2ccccc2[n+]1C.COc1ccccc1-c1sc2ccccc2c1C.[Be+2].[O-]c1c(-c2[nH+]c3ccccc3s2)ccc2ccccc12.[O-]c1c(-c2[nH+]c3ccccc3s2)ccc2ccccc12. The Hall–Kier alpha value is -8.28. The molecule has 0 aliphatic heterocycles. The number of hydrogen-bond acceptors (Lipinski definition) is 8. The second kappa shape index (κ2) is 23.3. The van der Waals surface area contributed by atoms with Crippen LogP contribution in [0.2, 0.25) is 0 Å². The average Bonchev–Trinajstić information content (AvgIpc) is 4.30. The number of para-hydroxylation sites is 5. The molecule has 0 aliphatic carbocycles. The van der Waals surface area contributed by atoms with E-state index in [2.05, 4.69) is 107 Å². The molecule has 0 aliphatic rings. The quantitative estimate of drug-likeness (QED) is 0.122. The van der Waals surface area contributed by atoms with Crippen molar-refractivity contribution in [1.82, 2.24) is 0 Å². The topological polar surface area (TPSA) is 96.7 Å². The Labute approximate surface area is 466 Å². The van der Waals surface area contributed by atoms with E-state index in [1.165, 1.54) is 41.3 Å². The zero-order valence-corrected chi connectivity index (χ0v) is 46.0. The third-order valence-electron chi connectivity index (χ3n) is 13.2. The second-order valence-electron chi connectivity index (χ2n) is 17.8. The first-order chi connectivity index (χ1) is 37.3. The van der Waals surface area contributed by atoms with E-state index in [4.69, 9.17) is 9.47 Å². The van der Waals surface area contributed by atoms with Crippen molar-refractivity contribution in [3.05, 3.63) is 224 Å². The third-order valence-corrected chi connectivity index (χ3v) is 18.0. The van der Waals surface area contributed by atoms with E-state index < -0.39 is 0 Å². The van der Waals surface area contributed by atoms with Crippen molar-refractivity contribution in [2.75, 3.05) is 14.2 Å². The Morgan fingerprint density at radius 3 is 1.35 bits per heavy atom. The van der Waals surface area contributed by atoms with Gasteiger partial charge in [-0.2, -0.15) is 14.5 Å². The van der Waals surface area contributed by atoms with Crippen LogP contribution in [-0.4, -0.2) is 24.3 Å². The van der Waals surface area contributed by atoms with E-state index >= 15 is 0 Å². The molecule has 4 heterocycles. The van der Waals surface area contributed by atoms with Crippen LogP contribution in [0, 0.1) is 6.92 Å². The maximum absolute atomic E-state index is 12.6. The van der Waals surface area contributed by atoms with Gasteiger partial charge < -0.3 is 19.7 Å². The molecule has 4 aromatic heterocycles. The summed E-state index contributed by atoms with van der Waals surface area (Å²) in [6.07, 6.45) is 0. The molecule has 14 aromatic rings. The number of nitrogens with one attached hydrogen (secondary N) is 2. The summed E-state index contributed by atoms with van der Waals surface area (Å²) in [6.45, 7) is 2.18. The maximum Gasteiger partial charge on any atom is 2.00 e. The summed E-state index contributed by atoms with van der Waals surface area (Å²) in [7, 11) is 5.54. The van der Waals surface area contributed by atoms with Crippen molar-refractivity contribution < 1.29 is 34.2 Å². The smallest absolute Gasteiger partial charge is 0.871 e. The van der Waals surface area contributed by atoms with Gasteiger partial charge in [0.15, 0.2) is 0 Å². The molecular formula is C65H50BeN3O4S4+3. The molecule has 0 spiro atoms. The van der Waals surface area contributed by atoms with Crippen LogP contribution >= 0.6 is 45.3 Å². The minimum absolute atomic E-state index is 0. The van der Waals surface area contributed by atoms with Gasteiger partial charge in [-0.05, 0) is 100 Å². The number of aromatic amines is 2. The van der Waals surface area contributed by atoms with Crippen LogP contribution in [0.1, 0.15) is 5.56 Å². The van der Waals surface area contributed by atoms with Gasteiger partial charge in [-0.1, -0.05) is 185 Å². The molecule has 10 aromatic carbocycles. The van der Waals surface area contributed by atoms with Gasteiger partial charge in [-0.25, -0.2) is 0 Å². The number of aryl methyl sites for hydroxylation is 2. The Morgan fingerprint density at radius 2 is 0.831 bits per heavy atom. The van der Waals surface area contributed by atoms with Crippen molar-refractivity contribution in [2.24, 2.45) is 7.05 Å². The van der Waals surface area contributed by atoms with Crippen molar-refractivity contribution in [1.29, 1.82) is 0 Å². The van der Waals surface area contributed by atoms with Crippen LogP contribution in [0.25, 0.3) is 104 Å². The summed E-state index contributed by atoms with van der Waals surface area (Å²) < 4.78 is 18.1. The minimum atomic E-state index is 0. The van der Waals surface area contributed by atoms with Crippen LogP contribution in [0.15, 0.2) is 218 Å². The van der Waals surface area contributed by atoms with E-state index in [1.54, 1.807) is 48.2 Å². The van der Waals surface area contributed by atoms with E-state index in [1.807, 2.05) is 151 Å². The monoisotopic (exact) mass is 1070 g/mol. The summed E-state index contributed by atoms with van der Waals surface area (Å²) >= 11 is 6.85. The van der Waals surface area contributed by atoms with Gasteiger partial charge >= 0.3 is 10.1 Å². The van der Waals surface area contributed by atoms with Gasteiger partial charge in [0.05, 0.1) is 30.9 Å². The van der Waals surface area contributed by atoms with E-state index in [-0.39, 0.29) is 21.6 Å². The van der Waals surface area contributed by atoms with E-state index in [9.17, 15) is 10.2 Å². The number of methoxy groups -OCH3 is 2. The van der Waals surface area contributed by atoms with Crippen molar-refractivity contribution in [3.8, 4) is 65.2 Å². The summed E-state index contributed by atoms with van der Waals surface area (Å²) in [5, 5.41) is 33.1. The largest absolute Gasteiger partial charge is 2.00 e. The number of hydrogen-bond donors (Lipinski definition) is 0. The number of thiophene rings is 1. The molecule has 372 valence electrons. The van der Waals surface area contributed by atoms with Crippen LogP contribution in [0.3, 0.4) is 0 Å². The first-order valence-electron chi connectivity index (χ1n) is 24.6. The summed E-state index contributed by atoms with van der Waals surface area (Å²) in [5.41, 5.74) is 8.53. The molecule has 0 radical (unpaired) electrons. The molecule has 7 nitrogen and oxygen atoms in total. The average molecular weight is 1070 g/mol. The number of H-pyrrole nitrogens is 2. The zero-order valence-electron chi connectivity index (χ0n) is 42.7. The van der Waals surface area contributed by atoms with Crippen LogP contribution < -0.4 is 34.2 Å². The van der Waals surface area contributed by atoms with Crippen molar-refractivity contribution in [2.45, 2.75) is 6.92 Å². The first-order valence-corrected chi connectivity index (χ1v) is 27.9. The molecule has 0 amide bonds. The van der Waals surface area contributed by atoms with Gasteiger partial charge in [-0.3, -0.25) is 0 Å². The number of ether oxygens (including phenoxy) is 2. The fraction of sp³-hybridized carbons (Fsp3) is 0.0615. The molecule has 2 N–H and O–H groups in total. The molecule has 0 atom stereocenters. The number of rotatable bonds is 6. The van der Waals surface area contributed by atoms with E-state index in [0.29, 0.717) is 0 Å². The summed E-state index contributed by atoms with van der Waals surface area (Å²) in [6, 6.07) is 72.7. The molecule has 0 saturated heterocycles. The van der Waals surface area contributed by atoms with Gasteiger partial charge in [0.25, 0.3) is 15.0 Å². The third kappa shape index (κ3) is 10.6. The minimum Gasteiger partial charge on any atom is -0.871 e. The summed E-state index contributed by atoms with van der Waals surface area (Å²) in [5.74, 6) is 2.03. The van der Waals surface area contributed by atoms with Gasteiger partial charge in [0.1, 0.15) is 32.6 Å². The van der Waals surface area contributed by atoms with Gasteiger partial charge in [0.2, 0.25) is 16.6 Å². The van der Waals surface area contributed by atoms with Crippen molar-refractivity contribution >= 4 is 118 Å². The van der Waals surface area contributed by atoms with Gasteiger partial charge in [0, 0.05) is 33.3 Å². The molecule has 0 fully saturated rings. The van der Waals surface area contributed by atoms with Crippen LogP contribution in [-0.2, 0) is 7.05 Å². The van der Waals surface area contributed by atoms with Crippen LogP contribution in [0.5, 0.6) is 23.0 Å². The van der Waals surface area contributed by atoms with Crippen molar-refractivity contribution in [3.63, 3.8) is 0 Å². The standard InChI is InChI=1S/2C17H11NOS.C16H14OS.C15H14NOS.Be/c2*19-16-12-6-2-1-5-11(12)9-10-13(16)17-18-14-7-3-4-8-15(14)20-17;1-11-12-7-4-6-10-15(12)18-16(11)13-8-3-5-9-14(13)17-2;1-16-12-8-4-6-10-14(12)18-15(16)11-7-3-5-9-13(11)17-2;/h2*1-10,19H;2*3-10H,1-2H3;/q;;;+1;+2. The second-order valence-corrected chi connectivity index (χ2v) is 22.0. The molecule has 0 bridgehead atoms. The number of thiazole rings is 3. The predicted octanol–water partition coefficient (Wildman–Crippen LogP) is 15.1. The van der Waals surface area contributed by atoms with E-state index in [0.717, 1.165) is 80.2 Å². The Kier molecular flexibility index (Phi) is 15.8. The molecular weight excluding hydrogens is 1020 g/mol. The molecule has 0 unspecified atom stereocenters. The molecule has 0 saturated carbocycles. The first kappa shape index (κ1) is 52.2. The molecule has 14 rings (SSSR count). The zero-order chi connectivity index (χ0) is 52.1. The number of fused-ring (bicyclic) bond motifs is 6. The normalized spacial score (nSPS) is 10.9.